The van der Waals surface area contributed by atoms with Gasteiger partial charge in [0.1, 0.15) is 38.6 Å². The van der Waals surface area contributed by atoms with Crippen molar-refractivity contribution in [1.82, 2.24) is 4.72 Å². The van der Waals surface area contributed by atoms with Crippen LogP contribution in [0.2, 0.25) is 0 Å². The highest BCUT2D eigenvalue weighted by Crippen LogP contribution is 2.32. The number of carbonyl (C=O) groups is 1. The zero-order valence-corrected chi connectivity index (χ0v) is 28.8. The second-order valence-electron chi connectivity index (χ2n) is 11.6. The minimum absolute atomic E-state index is 0.212. The SMILES string of the molecule is CCCCCCCCCCC1(OCC(=O)NS(=O)(=O)C(F)(F)F)COc2ccccc2OCCOCCOCCOc2ccccc2OC1. The number of ether oxygens (including phenoxy) is 7. The molecule has 2 aromatic carbocycles. The fraction of sp³-hybridized carbons (Fsp3) is 0.618. The molecule has 1 aliphatic rings. The normalized spacial score (nSPS) is 16.5. The number of nitrogens with one attached hydrogen (secondary N) is 1. The van der Waals surface area contributed by atoms with Crippen molar-refractivity contribution < 1.29 is 59.5 Å². The van der Waals surface area contributed by atoms with Crippen LogP contribution in [0.4, 0.5) is 13.2 Å². The maximum Gasteiger partial charge on any atom is 0.516 e. The molecule has 0 atom stereocenters. The van der Waals surface area contributed by atoms with Gasteiger partial charge in [0.05, 0.1) is 26.4 Å². The van der Waals surface area contributed by atoms with Crippen molar-refractivity contribution in [3.8, 4) is 23.0 Å². The van der Waals surface area contributed by atoms with Crippen LogP contribution in [0.15, 0.2) is 48.5 Å². The predicted octanol–water partition coefficient (Wildman–Crippen LogP) is 6.20. The van der Waals surface area contributed by atoms with Gasteiger partial charge in [-0.3, -0.25) is 4.79 Å². The topological polar surface area (TPSA) is 128 Å². The maximum absolute atomic E-state index is 13.0. The number of carbonyl (C=O) groups excluding carboxylic acids is 1. The molecule has 15 heteroatoms. The summed E-state index contributed by atoms with van der Waals surface area (Å²) in [6.45, 7) is 2.45. The summed E-state index contributed by atoms with van der Waals surface area (Å²) >= 11 is 0. The largest absolute Gasteiger partial charge is 0.516 e. The highest BCUT2D eigenvalue weighted by Gasteiger charge is 2.47. The Balaban J connectivity index is 1.89. The van der Waals surface area contributed by atoms with E-state index in [0.717, 1.165) is 43.2 Å². The Morgan fingerprint density at radius 3 is 1.61 bits per heavy atom. The average molecular weight is 720 g/mol. The molecule has 11 nitrogen and oxygen atoms in total. The molecule has 276 valence electrons. The molecule has 0 fully saturated rings. The number of para-hydroxylation sites is 4. The van der Waals surface area contributed by atoms with Gasteiger partial charge in [0.15, 0.2) is 23.0 Å². The number of sulfonamides is 1. The van der Waals surface area contributed by atoms with Gasteiger partial charge in [-0.2, -0.15) is 21.6 Å². The second-order valence-corrected chi connectivity index (χ2v) is 13.2. The molecule has 1 heterocycles. The monoisotopic (exact) mass is 719 g/mol. The lowest BCUT2D eigenvalue weighted by molar-refractivity contribution is -0.140. The molecule has 2 aromatic rings. The summed E-state index contributed by atoms with van der Waals surface area (Å²) < 4.78 is 105. The first-order valence-corrected chi connectivity index (χ1v) is 18.1. The van der Waals surface area contributed by atoms with Crippen molar-refractivity contribution >= 4 is 15.9 Å². The lowest BCUT2D eigenvalue weighted by Crippen LogP contribution is -2.48. The molecule has 0 saturated carbocycles. The van der Waals surface area contributed by atoms with Crippen LogP contribution in [0.25, 0.3) is 0 Å². The lowest BCUT2D eigenvalue weighted by Gasteiger charge is -2.34. The van der Waals surface area contributed by atoms with Crippen LogP contribution in [-0.4, -0.2) is 84.9 Å². The molecule has 49 heavy (non-hydrogen) atoms. The molecule has 0 radical (unpaired) electrons. The Morgan fingerprint density at radius 2 is 1.14 bits per heavy atom. The number of fused-ring (bicyclic) bond motifs is 2. The molecule has 0 aromatic heterocycles. The van der Waals surface area contributed by atoms with E-state index in [2.05, 4.69) is 6.92 Å². The fourth-order valence-electron chi connectivity index (χ4n) is 4.92. The third-order valence-corrected chi connectivity index (χ3v) is 8.68. The Hall–Kier alpha value is -3.27. The molecule has 0 aliphatic carbocycles. The van der Waals surface area contributed by atoms with Gasteiger partial charge in [0.25, 0.3) is 5.91 Å². The summed E-state index contributed by atoms with van der Waals surface area (Å²) in [4.78, 5) is 12.5. The average Bonchev–Trinajstić information content (AvgIpc) is 3.07. The number of benzene rings is 2. The molecule has 1 aliphatic heterocycles. The smallest absolute Gasteiger partial charge is 0.487 e. The number of amides is 1. The first kappa shape index (κ1) is 40.2. The van der Waals surface area contributed by atoms with Crippen molar-refractivity contribution in [2.75, 3.05) is 59.5 Å². The minimum atomic E-state index is -5.93. The van der Waals surface area contributed by atoms with E-state index in [0.29, 0.717) is 42.6 Å². The summed E-state index contributed by atoms with van der Waals surface area (Å²) in [5, 5.41) is 0. The van der Waals surface area contributed by atoms with Gasteiger partial charge in [0.2, 0.25) is 0 Å². The lowest BCUT2D eigenvalue weighted by atomic mass is 9.96. The van der Waals surface area contributed by atoms with Crippen molar-refractivity contribution in [2.24, 2.45) is 0 Å². The molecular weight excluding hydrogens is 671 g/mol. The Bertz CT molecular complexity index is 1300. The van der Waals surface area contributed by atoms with Crippen LogP contribution in [0.5, 0.6) is 23.0 Å². The van der Waals surface area contributed by atoms with Crippen LogP contribution >= 0.6 is 0 Å². The van der Waals surface area contributed by atoms with Gasteiger partial charge in [0, 0.05) is 0 Å². The standard InChI is InChI=1S/C34H48F3NO10S/c1-2-3-4-5-6-7-8-13-18-33(48-25-32(39)38-49(40,41)34(35,36)37)26-46-30-16-11-9-14-28(30)44-23-21-42-19-20-43-22-24-45-29-15-10-12-17-31(29)47-27-33/h9-12,14-17H,2-8,13,18-27H2,1H3,(H,38,39). The van der Waals surface area contributed by atoms with Crippen LogP contribution < -0.4 is 23.7 Å². The number of hydrogen-bond donors (Lipinski definition) is 1. The van der Waals surface area contributed by atoms with Crippen LogP contribution in [0.1, 0.15) is 64.7 Å². The molecule has 3 rings (SSSR count). The first-order valence-electron chi connectivity index (χ1n) is 16.7. The summed E-state index contributed by atoms with van der Waals surface area (Å²) in [6.07, 6.45) is 8.26. The minimum Gasteiger partial charge on any atom is -0.487 e. The van der Waals surface area contributed by atoms with Crippen LogP contribution in [-0.2, 0) is 29.0 Å². The molecule has 0 saturated heterocycles. The fourth-order valence-corrected chi connectivity index (χ4v) is 5.39. The number of hydrogen-bond acceptors (Lipinski definition) is 10. The van der Waals surface area contributed by atoms with E-state index in [1.54, 1.807) is 48.5 Å². The number of alkyl halides is 3. The van der Waals surface area contributed by atoms with E-state index in [1.165, 1.54) is 6.42 Å². The van der Waals surface area contributed by atoms with Gasteiger partial charge in [-0.1, -0.05) is 82.6 Å². The van der Waals surface area contributed by atoms with Gasteiger partial charge in [-0.05, 0) is 30.7 Å². The Morgan fingerprint density at radius 1 is 0.714 bits per heavy atom. The summed E-state index contributed by atoms with van der Waals surface area (Å²) in [7, 11) is -5.93. The Labute approximate surface area is 286 Å². The van der Waals surface area contributed by atoms with Crippen LogP contribution in [0, 0.1) is 0 Å². The van der Waals surface area contributed by atoms with E-state index >= 15 is 0 Å². The van der Waals surface area contributed by atoms with Gasteiger partial charge >= 0.3 is 15.5 Å². The molecule has 1 amide bonds. The quantitative estimate of drug-likeness (QED) is 0.239. The number of halogens is 3. The third kappa shape index (κ3) is 14.6. The maximum atomic E-state index is 13.0. The summed E-state index contributed by atoms with van der Waals surface area (Å²) in [5.74, 6) is 0.0291. The molecule has 1 N–H and O–H groups in total. The van der Waals surface area contributed by atoms with Gasteiger partial charge < -0.3 is 33.2 Å². The zero-order chi connectivity index (χ0) is 35.4. The number of rotatable bonds is 13. The van der Waals surface area contributed by atoms with Gasteiger partial charge in [-0.25, -0.2) is 4.72 Å². The third-order valence-electron chi connectivity index (χ3n) is 7.57. The Kier molecular flexibility index (Phi) is 17.3. The van der Waals surface area contributed by atoms with E-state index in [1.807, 2.05) is 0 Å². The zero-order valence-electron chi connectivity index (χ0n) is 28.0. The van der Waals surface area contributed by atoms with Crippen molar-refractivity contribution in [1.29, 1.82) is 0 Å². The highest BCUT2D eigenvalue weighted by atomic mass is 32.2. The molecule has 0 unspecified atom stereocenters. The van der Waals surface area contributed by atoms with E-state index in [9.17, 15) is 26.4 Å². The molecular formula is C34H48F3NO10S. The van der Waals surface area contributed by atoms with E-state index in [4.69, 9.17) is 33.2 Å². The molecule has 0 spiro atoms. The number of unbranched alkanes of at least 4 members (excludes halogenated alkanes) is 7. The predicted molar refractivity (Wildman–Crippen MR) is 176 cm³/mol. The van der Waals surface area contributed by atoms with Gasteiger partial charge in [-0.15, -0.1) is 0 Å². The van der Waals surface area contributed by atoms with Crippen molar-refractivity contribution in [2.45, 2.75) is 75.8 Å². The summed E-state index contributed by atoms with van der Waals surface area (Å²) in [5.41, 5.74) is -7.09. The van der Waals surface area contributed by atoms with Crippen LogP contribution in [0.3, 0.4) is 0 Å². The van der Waals surface area contributed by atoms with Crippen molar-refractivity contribution in [3.05, 3.63) is 48.5 Å². The molecule has 0 bridgehead atoms. The summed E-state index contributed by atoms with van der Waals surface area (Å²) in [6, 6.07) is 13.8. The highest BCUT2D eigenvalue weighted by molar-refractivity contribution is 7.90. The first-order chi connectivity index (χ1) is 23.6. The van der Waals surface area contributed by atoms with E-state index in [-0.39, 0.29) is 46.1 Å². The van der Waals surface area contributed by atoms with E-state index < -0.39 is 33.6 Å². The van der Waals surface area contributed by atoms with Crippen molar-refractivity contribution in [3.63, 3.8) is 0 Å². The second kappa shape index (κ2) is 21.1.